The number of aryl methyl sites for hydroxylation is 1. The Morgan fingerprint density at radius 2 is 2.10 bits per heavy atom. The van der Waals surface area contributed by atoms with Crippen LogP contribution < -0.4 is 0 Å². The second kappa shape index (κ2) is 5.44. The zero-order valence-electron chi connectivity index (χ0n) is 10.7. The smallest absolute Gasteiger partial charge is 0.322 e. The number of hydrogen-bond acceptors (Lipinski definition) is 4. The first kappa shape index (κ1) is 15.4. The molecule has 1 aromatic carbocycles. The van der Waals surface area contributed by atoms with E-state index in [1.165, 1.54) is 12.1 Å². The van der Waals surface area contributed by atoms with Crippen LogP contribution in [0.15, 0.2) is 27.6 Å². The topological polar surface area (TPSA) is 94.9 Å². The minimum atomic E-state index is -3.93. The molecule has 2 rings (SSSR count). The molecule has 1 aliphatic heterocycles. The highest BCUT2D eigenvalue weighted by molar-refractivity contribution is 9.10. The Morgan fingerprint density at radius 1 is 1.45 bits per heavy atom. The predicted octanol–water partition coefficient (Wildman–Crippen LogP) is 0.966. The summed E-state index contributed by atoms with van der Waals surface area (Å²) in [5, 5.41) is 18.6. The lowest BCUT2D eigenvalue weighted by Gasteiger charge is -2.21. The van der Waals surface area contributed by atoms with Gasteiger partial charge in [-0.3, -0.25) is 4.79 Å². The molecule has 2 atom stereocenters. The zero-order chi connectivity index (χ0) is 15.1. The van der Waals surface area contributed by atoms with Gasteiger partial charge in [-0.05, 0) is 30.7 Å². The number of β-amino-alcohol motifs (C(OH)–C–C–N with tert-alkyl or cyclic N) is 1. The molecular formula is C12H14BrNO5S. The third kappa shape index (κ3) is 2.73. The molecule has 0 aliphatic carbocycles. The Kier molecular flexibility index (Phi) is 4.19. The molecule has 6 nitrogen and oxygen atoms in total. The molecule has 0 saturated carbocycles. The van der Waals surface area contributed by atoms with Crippen LogP contribution in [0, 0.1) is 6.92 Å². The Labute approximate surface area is 125 Å². The fourth-order valence-electron chi connectivity index (χ4n) is 2.19. The van der Waals surface area contributed by atoms with Crippen molar-refractivity contribution in [3.63, 3.8) is 0 Å². The number of carbonyl (C=O) groups is 1. The van der Waals surface area contributed by atoms with Crippen LogP contribution in [0.5, 0.6) is 0 Å². The minimum Gasteiger partial charge on any atom is -0.480 e. The Morgan fingerprint density at radius 3 is 2.65 bits per heavy atom. The molecule has 1 saturated heterocycles. The third-order valence-corrected chi connectivity index (χ3v) is 6.02. The first-order valence-electron chi connectivity index (χ1n) is 5.92. The average Bonchev–Trinajstić information content (AvgIpc) is 2.75. The van der Waals surface area contributed by atoms with Crippen LogP contribution >= 0.6 is 15.9 Å². The fourth-order valence-corrected chi connectivity index (χ4v) is 4.15. The lowest BCUT2D eigenvalue weighted by Crippen LogP contribution is -2.40. The molecular weight excluding hydrogens is 350 g/mol. The van der Waals surface area contributed by atoms with E-state index in [2.05, 4.69) is 15.9 Å². The fraction of sp³-hybridized carbons (Fsp3) is 0.417. The summed E-state index contributed by atoms with van der Waals surface area (Å²) >= 11 is 3.28. The number of aliphatic carboxylic acids is 1. The molecule has 0 unspecified atom stereocenters. The highest BCUT2D eigenvalue weighted by Gasteiger charge is 2.43. The monoisotopic (exact) mass is 363 g/mol. The number of rotatable bonds is 3. The van der Waals surface area contributed by atoms with Crippen molar-refractivity contribution in [3.05, 3.63) is 28.2 Å². The number of hydrogen-bond donors (Lipinski definition) is 2. The molecule has 1 heterocycles. The maximum atomic E-state index is 12.5. The van der Waals surface area contributed by atoms with Crippen LogP contribution in [0.3, 0.4) is 0 Å². The van der Waals surface area contributed by atoms with Gasteiger partial charge in [0.05, 0.1) is 11.0 Å². The second-order valence-electron chi connectivity index (χ2n) is 4.73. The van der Waals surface area contributed by atoms with E-state index >= 15 is 0 Å². The molecule has 0 radical (unpaired) electrons. The number of aliphatic hydroxyl groups is 1. The molecule has 1 fully saturated rings. The number of benzene rings is 1. The third-order valence-electron chi connectivity index (χ3n) is 3.25. The van der Waals surface area contributed by atoms with Gasteiger partial charge < -0.3 is 10.2 Å². The van der Waals surface area contributed by atoms with Crippen LogP contribution in [0.2, 0.25) is 0 Å². The molecule has 1 aromatic rings. The molecule has 1 aliphatic rings. The summed E-state index contributed by atoms with van der Waals surface area (Å²) in [6.45, 7) is 1.55. The number of halogens is 1. The van der Waals surface area contributed by atoms with Gasteiger partial charge >= 0.3 is 5.97 Å². The number of carboxylic acid groups (broad SMARTS) is 1. The molecule has 0 spiro atoms. The first-order chi connectivity index (χ1) is 9.23. The number of nitrogens with zero attached hydrogens (tertiary/aromatic N) is 1. The molecule has 0 aromatic heterocycles. The van der Waals surface area contributed by atoms with Crippen molar-refractivity contribution in [2.24, 2.45) is 0 Å². The van der Waals surface area contributed by atoms with Gasteiger partial charge in [0.15, 0.2) is 0 Å². The van der Waals surface area contributed by atoms with Gasteiger partial charge in [-0.2, -0.15) is 4.31 Å². The molecule has 2 N–H and O–H groups in total. The lowest BCUT2D eigenvalue weighted by molar-refractivity contribution is -0.140. The molecule has 0 bridgehead atoms. The quantitative estimate of drug-likeness (QED) is 0.833. The lowest BCUT2D eigenvalue weighted by atomic mass is 10.2. The van der Waals surface area contributed by atoms with Crippen LogP contribution in [0.1, 0.15) is 12.0 Å². The highest BCUT2D eigenvalue weighted by atomic mass is 79.9. The summed E-state index contributed by atoms with van der Waals surface area (Å²) < 4.78 is 26.6. The summed E-state index contributed by atoms with van der Waals surface area (Å²) in [6.07, 6.45) is -1.05. The normalized spacial score (nSPS) is 23.9. The number of aliphatic hydroxyl groups excluding tert-OH is 1. The molecule has 0 amide bonds. The summed E-state index contributed by atoms with van der Waals surface area (Å²) in [7, 11) is -3.93. The summed E-state index contributed by atoms with van der Waals surface area (Å²) in [6, 6.07) is 3.27. The Balaban J connectivity index is 2.43. The van der Waals surface area contributed by atoms with Crippen molar-refractivity contribution in [2.45, 2.75) is 30.4 Å². The number of sulfonamides is 1. The van der Waals surface area contributed by atoms with Crippen LogP contribution in [0.25, 0.3) is 0 Å². The summed E-state index contributed by atoms with van der Waals surface area (Å²) in [5.74, 6) is -1.25. The van der Waals surface area contributed by atoms with E-state index in [0.29, 0.717) is 0 Å². The Hall–Kier alpha value is -0.960. The van der Waals surface area contributed by atoms with Crippen molar-refractivity contribution >= 4 is 31.9 Å². The van der Waals surface area contributed by atoms with Gasteiger partial charge in [-0.15, -0.1) is 0 Å². The maximum absolute atomic E-state index is 12.5. The van der Waals surface area contributed by atoms with Crippen molar-refractivity contribution < 1.29 is 23.4 Å². The average molecular weight is 364 g/mol. The van der Waals surface area contributed by atoms with Gasteiger partial charge in [0.25, 0.3) is 0 Å². The Bertz CT molecular complexity index is 645. The van der Waals surface area contributed by atoms with E-state index in [4.69, 9.17) is 5.11 Å². The second-order valence-corrected chi connectivity index (χ2v) is 7.47. The molecule has 20 heavy (non-hydrogen) atoms. The number of carboxylic acids is 1. The van der Waals surface area contributed by atoms with E-state index in [9.17, 15) is 18.3 Å². The van der Waals surface area contributed by atoms with E-state index in [1.807, 2.05) is 0 Å². The summed E-state index contributed by atoms with van der Waals surface area (Å²) in [4.78, 5) is 11.2. The highest BCUT2D eigenvalue weighted by Crippen LogP contribution is 2.28. The molecule has 8 heteroatoms. The molecule has 110 valence electrons. The van der Waals surface area contributed by atoms with Gasteiger partial charge in [0, 0.05) is 17.4 Å². The standard InChI is InChI=1S/C12H14BrNO5S/c1-7-4-9(2-3-10(7)13)20(18,19)14-6-8(15)5-11(14)12(16)17/h2-4,8,11,15H,5-6H2,1H3,(H,16,17)/t8-,11+/m1/s1. The zero-order valence-corrected chi connectivity index (χ0v) is 13.1. The van der Waals surface area contributed by atoms with Crippen molar-refractivity contribution in [2.75, 3.05) is 6.54 Å². The van der Waals surface area contributed by atoms with Gasteiger partial charge in [0.2, 0.25) is 10.0 Å². The maximum Gasteiger partial charge on any atom is 0.322 e. The van der Waals surface area contributed by atoms with E-state index in [0.717, 1.165) is 14.3 Å². The van der Waals surface area contributed by atoms with E-state index in [1.54, 1.807) is 13.0 Å². The largest absolute Gasteiger partial charge is 0.480 e. The van der Waals surface area contributed by atoms with E-state index in [-0.39, 0.29) is 17.9 Å². The van der Waals surface area contributed by atoms with Crippen molar-refractivity contribution in [1.82, 2.24) is 4.31 Å². The van der Waals surface area contributed by atoms with Crippen LogP contribution in [-0.2, 0) is 14.8 Å². The van der Waals surface area contributed by atoms with Gasteiger partial charge in [0.1, 0.15) is 6.04 Å². The summed E-state index contributed by atoms with van der Waals surface area (Å²) in [5.41, 5.74) is 0.734. The first-order valence-corrected chi connectivity index (χ1v) is 8.15. The van der Waals surface area contributed by atoms with E-state index < -0.39 is 28.1 Å². The predicted molar refractivity (Wildman–Crippen MR) is 74.8 cm³/mol. The van der Waals surface area contributed by atoms with Crippen molar-refractivity contribution in [1.29, 1.82) is 0 Å². The van der Waals surface area contributed by atoms with Crippen molar-refractivity contribution in [3.8, 4) is 0 Å². The van der Waals surface area contributed by atoms with Crippen LogP contribution in [-0.4, -0.2) is 47.6 Å². The van der Waals surface area contributed by atoms with Gasteiger partial charge in [-0.1, -0.05) is 15.9 Å². The minimum absolute atomic E-state index is 0.0264. The SMILES string of the molecule is Cc1cc(S(=O)(=O)N2C[C@H](O)C[C@H]2C(=O)O)ccc1Br. The van der Waals surface area contributed by atoms with Crippen LogP contribution in [0.4, 0.5) is 0 Å². The van der Waals surface area contributed by atoms with Gasteiger partial charge in [-0.25, -0.2) is 8.42 Å².